The zero-order valence-corrected chi connectivity index (χ0v) is 11.7. The van der Waals surface area contributed by atoms with Crippen molar-refractivity contribution in [2.24, 2.45) is 5.92 Å². The third kappa shape index (κ3) is 10.7. The Hall–Kier alpha value is -0.170. The van der Waals surface area contributed by atoms with Crippen molar-refractivity contribution in [1.29, 1.82) is 0 Å². The Morgan fingerprint density at radius 3 is 2.35 bits per heavy atom. The molecule has 0 spiro atoms. The van der Waals surface area contributed by atoms with Crippen LogP contribution in [0.4, 0.5) is 0 Å². The average molecular weight is 268 g/mol. The molecule has 0 radical (unpaired) electrons. The van der Waals surface area contributed by atoms with Crippen LogP contribution in [0.15, 0.2) is 0 Å². The van der Waals surface area contributed by atoms with Gasteiger partial charge in [0.1, 0.15) is 0 Å². The molecule has 0 amide bonds. The van der Waals surface area contributed by atoms with Crippen LogP contribution in [0.25, 0.3) is 0 Å². The first-order chi connectivity index (χ1) is 7.89. The minimum absolute atomic E-state index is 0.169. The van der Waals surface area contributed by atoms with Crippen LogP contribution < -0.4 is 0 Å². The lowest BCUT2D eigenvalue weighted by atomic mass is 10.0. The Balaban J connectivity index is 3.73. The summed E-state index contributed by atoms with van der Waals surface area (Å²) in [5.41, 5.74) is 0. The highest BCUT2D eigenvalue weighted by atomic mass is 32.3. The van der Waals surface area contributed by atoms with E-state index in [0.717, 1.165) is 12.8 Å². The van der Waals surface area contributed by atoms with Crippen LogP contribution in [0.1, 0.15) is 46.5 Å². The molecule has 0 aliphatic heterocycles. The maximum absolute atomic E-state index is 10.4. The summed E-state index contributed by atoms with van der Waals surface area (Å²) < 4.78 is 39.0. The minimum Gasteiger partial charge on any atom is -0.378 e. The zero-order valence-electron chi connectivity index (χ0n) is 10.9. The SMILES string of the molecule is CCCCC(CC)COCC(C)OS(=O)(=O)O. The monoisotopic (exact) mass is 268 g/mol. The van der Waals surface area contributed by atoms with Crippen molar-refractivity contribution in [3.05, 3.63) is 0 Å². The normalized spacial score (nSPS) is 15.8. The van der Waals surface area contributed by atoms with Crippen LogP contribution in [-0.2, 0) is 19.3 Å². The van der Waals surface area contributed by atoms with Gasteiger partial charge in [0.15, 0.2) is 0 Å². The van der Waals surface area contributed by atoms with Gasteiger partial charge in [-0.05, 0) is 19.3 Å². The second kappa shape index (κ2) is 8.85. The van der Waals surface area contributed by atoms with E-state index in [-0.39, 0.29) is 6.61 Å². The van der Waals surface area contributed by atoms with Crippen LogP contribution >= 0.6 is 0 Å². The number of ether oxygens (including phenoxy) is 1. The highest BCUT2D eigenvalue weighted by Crippen LogP contribution is 2.13. The van der Waals surface area contributed by atoms with Gasteiger partial charge in [-0.2, -0.15) is 8.42 Å². The fraction of sp³-hybridized carbons (Fsp3) is 1.00. The van der Waals surface area contributed by atoms with Crippen molar-refractivity contribution in [2.45, 2.75) is 52.6 Å². The summed E-state index contributed by atoms with van der Waals surface area (Å²) >= 11 is 0. The molecule has 0 saturated carbocycles. The van der Waals surface area contributed by atoms with Crippen LogP contribution in [0.5, 0.6) is 0 Å². The highest BCUT2D eigenvalue weighted by Gasteiger charge is 2.13. The lowest BCUT2D eigenvalue weighted by Crippen LogP contribution is -2.22. The van der Waals surface area contributed by atoms with Crippen molar-refractivity contribution < 1.29 is 21.9 Å². The van der Waals surface area contributed by atoms with E-state index in [1.807, 2.05) is 0 Å². The molecule has 2 atom stereocenters. The molecule has 0 bridgehead atoms. The average Bonchev–Trinajstić information content (AvgIpc) is 2.20. The van der Waals surface area contributed by atoms with E-state index >= 15 is 0 Å². The first kappa shape index (κ1) is 16.8. The predicted octanol–water partition coefficient (Wildman–Crippen LogP) is 2.43. The lowest BCUT2D eigenvalue weighted by Gasteiger charge is -2.16. The standard InChI is InChI=1S/C11H24O5S/c1-4-6-7-11(5-2)9-15-8-10(3)16-17(12,13)14/h10-11H,4-9H2,1-3H3,(H,12,13,14). The molecule has 104 valence electrons. The summed E-state index contributed by atoms with van der Waals surface area (Å²) in [6, 6.07) is 0. The Bertz CT molecular complexity index is 276. The van der Waals surface area contributed by atoms with Crippen LogP contribution in [0.3, 0.4) is 0 Å². The van der Waals surface area contributed by atoms with Crippen LogP contribution in [0, 0.1) is 5.92 Å². The summed E-state index contributed by atoms with van der Waals surface area (Å²) in [5.74, 6) is 0.507. The molecule has 6 heteroatoms. The van der Waals surface area contributed by atoms with Crippen LogP contribution in [-0.4, -0.2) is 32.3 Å². The van der Waals surface area contributed by atoms with Crippen molar-refractivity contribution in [3.63, 3.8) is 0 Å². The summed E-state index contributed by atoms with van der Waals surface area (Å²) in [6.07, 6.45) is 3.86. The molecule has 1 N–H and O–H groups in total. The molecule has 0 heterocycles. The van der Waals surface area contributed by atoms with E-state index < -0.39 is 16.5 Å². The van der Waals surface area contributed by atoms with E-state index in [2.05, 4.69) is 18.0 Å². The van der Waals surface area contributed by atoms with Gasteiger partial charge in [0.25, 0.3) is 0 Å². The van der Waals surface area contributed by atoms with Gasteiger partial charge < -0.3 is 4.74 Å². The topological polar surface area (TPSA) is 72.8 Å². The number of hydrogen-bond donors (Lipinski definition) is 1. The van der Waals surface area contributed by atoms with Crippen molar-refractivity contribution >= 4 is 10.4 Å². The summed E-state index contributed by atoms with van der Waals surface area (Å²) in [6.45, 7) is 6.58. The number of hydrogen-bond acceptors (Lipinski definition) is 4. The third-order valence-corrected chi connectivity index (χ3v) is 3.11. The molecular formula is C11H24O5S. The molecule has 0 aliphatic carbocycles. The Kier molecular flexibility index (Phi) is 8.77. The molecule has 0 aromatic rings. The first-order valence-electron chi connectivity index (χ1n) is 6.12. The first-order valence-corrected chi connectivity index (χ1v) is 7.49. The molecular weight excluding hydrogens is 244 g/mol. The van der Waals surface area contributed by atoms with Crippen LogP contribution in [0.2, 0.25) is 0 Å². The highest BCUT2D eigenvalue weighted by molar-refractivity contribution is 7.80. The quantitative estimate of drug-likeness (QED) is 0.616. The molecule has 0 aromatic heterocycles. The van der Waals surface area contributed by atoms with Gasteiger partial charge in [-0.1, -0.05) is 33.1 Å². The lowest BCUT2D eigenvalue weighted by molar-refractivity contribution is 0.0350. The summed E-state index contributed by atoms with van der Waals surface area (Å²) in [5, 5.41) is 0. The fourth-order valence-electron chi connectivity index (χ4n) is 1.53. The largest absolute Gasteiger partial charge is 0.397 e. The molecule has 2 unspecified atom stereocenters. The molecule has 0 saturated heterocycles. The van der Waals surface area contributed by atoms with Gasteiger partial charge in [0, 0.05) is 6.61 Å². The van der Waals surface area contributed by atoms with Gasteiger partial charge >= 0.3 is 10.4 Å². The number of rotatable bonds is 10. The van der Waals surface area contributed by atoms with E-state index in [9.17, 15) is 8.42 Å². The second-order valence-corrected chi connectivity index (χ2v) is 5.34. The van der Waals surface area contributed by atoms with Gasteiger partial charge in [-0.15, -0.1) is 0 Å². The summed E-state index contributed by atoms with van der Waals surface area (Å²) in [4.78, 5) is 0. The van der Waals surface area contributed by atoms with Gasteiger partial charge in [0.05, 0.1) is 12.7 Å². The van der Waals surface area contributed by atoms with Gasteiger partial charge in [-0.25, -0.2) is 4.18 Å². The van der Waals surface area contributed by atoms with E-state index in [1.54, 1.807) is 6.92 Å². The third-order valence-electron chi connectivity index (χ3n) is 2.54. The van der Waals surface area contributed by atoms with E-state index in [4.69, 9.17) is 9.29 Å². The molecule has 17 heavy (non-hydrogen) atoms. The Morgan fingerprint density at radius 2 is 1.88 bits per heavy atom. The second-order valence-electron chi connectivity index (χ2n) is 4.29. The smallest absolute Gasteiger partial charge is 0.378 e. The van der Waals surface area contributed by atoms with Crippen molar-refractivity contribution in [3.8, 4) is 0 Å². The fourth-order valence-corrected chi connectivity index (χ4v) is 2.00. The van der Waals surface area contributed by atoms with Crippen molar-refractivity contribution in [1.82, 2.24) is 0 Å². The van der Waals surface area contributed by atoms with Crippen molar-refractivity contribution in [2.75, 3.05) is 13.2 Å². The molecule has 5 nitrogen and oxygen atoms in total. The number of unbranched alkanes of at least 4 members (excludes halogenated alkanes) is 1. The van der Waals surface area contributed by atoms with Gasteiger partial charge in [0.2, 0.25) is 0 Å². The molecule has 0 aliphatic rings. The molecule has 0 fully saturated rings. The zero-order chi connectivity index (χ0) is 13.3. The summed E-state index contributed by atoms with van der Waals surface area (Å²) in [7, 11) is -4.37. The Morgan fingerprint density at radius 1 is 1.24 bits per heavy atom. The van der Waals surface area contributed by atoms with Gasteiger partial charge in [-0.3, -0.25) is 4.55 Å². The molecule has 0 rings (SSSR count). The maximum atomic E-state index is 10.4. The minimum atomic E-state index is -4.37. The predicted molar refractivity (Wildman–Crippen MR) is 66.2 cm³/mol. The van der Waals surface area contributed by atoms with E-state index in [0.29, 0.717) is 12.5 Å². The van der Waals surface area contributed by atoms with E-state index in [1.165, 1.54) is 12.8 Å². The maximum Gasteiger partial charge on any atom is 0.397 e. The Labute approximate surface area is 104 Å². The molecule has 0 aromatic carbocycles.